The van der Waals surface area contributed by atoms with Gasteiger partial charge in [-0.25, -0.2) is 9.67 Å². The molecule has 0 spiro atoms. The molecule has 0 bridgehead atoms. The Balaban J connectivity index is 1.80. The first-order valence-electron chi connectivity index (χ1n) is 9.44. The van der Waals surface area contributed by atoms with Crippen LogP contribution in [0.5, 0.6) is 0 Å². The molecule has 0 saturated heterocycles. The normalized spacial score (nSPS) is 12.1. The zero-order valence-corrected chi connectivity index (χ0v) is 16.1. The molecule has 0 aliphatic heterocycles. The molecule has 0 aliphatic carbocycles. The molecule has 0 saturated carbocycles. The molecule has 0 fully saturated rings. The number of nitrogens with zero attached hydrogens (tertiary/aromatic N) is 3. The maximum atomic E-state index is 12.9. The van der Waals surface area contributed by atoms with Gasteiger partial charge in [0, 0.05) is 18.7 Å². The Bertz CT molecular complexity index is 872. The van der Waals surface area contributed by atoms with E-state index in [-0.39, 0.29) is 11.8 Å². The average molecular weight is 362 g/mol. The first-order chi connectivity index (χ1) is 13.1. The largest absolute Gasteiger partial charge is 0.351 e. The number of rotatable bonds is 7. The number of carbonyl (C=O) groups is 1. The van der Waals surface area contributed by atoms with Gasteiger partial charge in [-0.3, -0.25) is 4.79 Å². The molecule has 3 rings (SSSR count). The zero-order chi connectivity index (χ0) is 19.2. The molecule has 1 N–H and O–H groups in total. The van der Waals surface area contributed by atoms with Crippen molar-refractivity contribution in [2.24, 2.45) is 0 Å². The Labute approximate surface area is 160 Å². The van der Waals surface area contributed by atoms with Gasteiger partial charge in [0.15, 0.2) is 5.82 Å². The quantitative estimate of drug-likeness (QED) is 0.681. The average Bonchev–Trinajstić information content (AvgIpc) is 3.15. The summed E-state index contributed by atoms with van der Waals surface area (Å²) in [7, 11) is 0. The van der Waals surface area contributed by atoms with Crippen LogP contribution < -0.4 is 5.32 Å². The van der Waals surface area contributed by atoms with E-state index >= 15 is 0 Å². The summed E-state index contributed by atoms with van der Waals surface area (Å²) in [6.07, 6.45) is 4.34. The van der Waals surface area contributed by atoms with Crippen molar-refractivity contribution in [3.05, 3.63) is 77.7 Å². The minimum Gasteiger partial charge on any atom is -0.351 e. The lowest BCUT2D eigenvalue weighted by atomic mass is 9.96. The predicted octanol–water partition coefficient (Wildman–Crippen LogP) is 4.31. The van der Waals surface area contributed by atoms with Crippen molar-refractivity contribution >= 4 is 5.91 Å². The number of hydrogen-bond donors (Lipinski definition) is 1. The lowest BCUT2D eigenvalue weighted by Crippen LogP contribution is -2.29. The summed E-state index contributed by atoms with van der Waals surface area (Å²) in [4.78, 5) is 17.2. The second-order valence-corrected chi connectivity index (χ2v) is 6.92. The minimum atomic E-state index is -0.0877. The van der Waals surface area contributed by atoms with Gasteiger partial charge in [0.2, 0.25) is 0 Å². The van der Waals surface area contributed by atoms with Gasteiger partial charge in [-0.2, -0.15) is 5.10 Å². The third-order valence-corrected chi connectivity index (χ3v) is 4.74. The van der Waals surface area contributed by atoms with E-state index in [1.165, 1.54) is 5.56 Å². The number of hydrogen-bond acceptors (Lipinski definition) is 3. The van der Waals surface area contributed by atoms with E-state index in [1.807, 2.05) is 36.4 Å². The second-order valence-electron chi connectivity index (χ2n) is 6.92. The molecule has 1 unspecified atom stereocenters. The molecular weight excluding hydrogens is 336 g/mol. The Morgan fingerprint density at radius 1 is 1.11 bits per heavy atom. The summed E-state index contributed by atoms with van der Waals surface area (Å²) in [5, 5.41) is 7.52. The summed E-state index contributed by atoms with van der Waals surface area (Å²) in [5.74, 6) is 1.07. The monoisotopic (exact) mass is 362 g/mol. The summed E-state index contributed by atoms with van der Waals surface area (Å²) < 4.78 is 1.76. The van der Waals surface area contributed by atoms with E-state index in [4.69, 9.17) is 0 Å². The van der Waals surface area contributed by atoms with Crippen molar-refractivity contribution in [3.8, 4) is 5.82 Å². The van der Waals surface area contributed by atoms with E-state index in [0.29, 0.717) is 18.0 Å². The Morgan fingerprint density at radius 3 is 2.48 bits per heavy atom. The van der Waals surface area contributed by atoms with Crippen LogP contribution in [0.3, 0.4) is 0 Å². The van der Waals surface area contributed by atoms with E-state index in [1.54, 1.807) is 17.1 Å². The minimum absolute atomic E-state index is 0.0877. The second kappa shape index (κ2) is 8.62. The first-order valence-corrected chi connectivity index (χ1v) is 9.44. The van der Waals surface area contributed by atoms with Crippen molar-refractivity contribution < 1.29 is 4.79 Å². The summed E-state index contributed by atoms with van der Waals surface area (Å²) >= 11 is 0. The van der Waals surface area contributed by atoms with Crippen LogP contribution in [-0.4, -0.2) is 27.2 Å². The third kappa shape index (κ3) is 4.25. The van der Waals surface area contributed by atoms with Crippen molar-refractivity contribution in [2.75, 3.05) is 6.54 Å². The Hall–Kier alpha value is -2.95. The molecule has 1 aromatic carbocycles. The highest BCUT2D eigenvalue weighted by Crippen LogP contribution is 2.23. The lowest BCUT2D eigenvalue weighted by molar-refractivity contribution is 0.0949. The van der Waals surface area contributed by atoms with Crippen LogP contribution >= 0.6 is 0 Å². The number of carbonyl (C=O) groups excluding carboxylic acids is 1. The van der Waals surface area contributed by atoms with Crippen molar-refractivity contribution in [2.45, 2.75) is 39.0 Å². The molecule has 0 aliphatic rings. The molecule has 5 nitrogen and oxygen atoms in total. The topological polar surface area (TPSA) is 59.8 Å². The van der Waals surface area contributed by atoms with E-state index < -0.39 is 0 Å². The van der Waals surface area contributed by atoms with Gasteiger partial charge in [0.1, 0.15) is 0 Å². The summed E-state index contributed by atoms with van der Waals surface area (Å²) in [6, 6.07) is 16.0. The summed E-state index contributed by atoms with van der Waals surface area (Å²) in [6.45, 7) is 6.87. The predicted molar refractivity (Wildman–Crippen MR) is 107 cm³/mol. The van der Waals surface area contributed by atoms with Crippen LogP contribution in [0.1, 0.15) is 60.6 Å². The van der Waals surface area contributed by atoms with Crippen LogP contribution in [0.2, 0.25) is 0 Å². The molecule has 5 heteroatoms. The maximum Gasteiger partial charge on any atom is 0.254 e. The van der Waals surface area contributed by atoms with E-state index in [9.17, 15) is 4.79 Å². The number of benzene rings is 1. The van der Waals surface area contributed by atoms with Crippen LogP contribution in [0.15, 0.2) is 60.9 Å². The Morgan fingerprint density at radius 2 is 1.85 bits per heavy atom. The maximum absolute atomic E-state index is 12.9. The van der Waals surface area contributed by atoms with Gasteiger partial charge in [-0.1, -0.05) is 57.2 Å². The fourth-order valence-electron chi connectivity index (χ4n) is 3.28. The fourth-order valence-corrected chi connectivity index (χ4v) is 3.28. The molecule has 2 aromatic heterocycles. The molecule has 27 heavy (non-hydrogen) atoms. The van der Waals surface area contributed by atoms with Crippen molar-refractivity contribution in [3.63, 3.8) is 0 Å². The number of pyridine rings is 1. The first kappa shape index (κ1) is 18.8. The van der Waals surface area contributed by atoms with Gasteiger partial charge >= 0.3 is 0 Å². The van der Waals surface area contributed by atoms with Crippen LogP contribution in [0.4, 0.5) is 0 Å². The smallest absolute Gasteiger partial charge is 0.254 e. The standard InChI is InChI=1S/C22H26N4O/c1-4-17(18-10-6-5-7-11-18)14-24-22(27)19-15-25-26(21(19)16(2)3)20-12-8-9-13-23-20/h5-13,15-17H,4,14H2,1-3H3,(H,24,27). The highest BCUT2D eigenvalue weighted by Gasteiger charge is 2.22. The zero-order valence-electron chi connectivity index (χ0n) is 16.1. The van der Waals surface area contributed by atoms with Crippen LogP contribution in [0.25, 0.3) is 5.82 Å². The Kier molecular flexibility index (Phi) is 6.01. The molecule has 0 radical (unpaired) electrons. The third-order valence-electron chi connectivity index (χ3n) is 4.74. The lowest BCUT2D eigenvalue weighted by Gasteiger charge is -2.17. The number of nitrogens with one attached hydrogen (secondary N) is 1. The van der Waals surface area contributed by atoms with E-state index in [2.05, 4.69) is 48.3 Å². The molecule has 1 amide bonds. The molecule has 1 atom stereocenters. The highest BCUT2D eigenvalue weighted by molar-refractivity contribution is 5.95. The summed E-state index contributed by atoms with van der Waals surface area (Å²) in [5.41, 5.74) is 2.73. The number of amides is 1. The van der Waals surface area contributed by atoms with Crippen LogP contribution in [-0.2, 0) is 0 Å². The highest BCUT2D eigenvalue weighted by atomic mass is 16.1. The van der Waals surface area contributed by atoms with Gasteiger partial charge < -0.3 is 5.32 Å². The molecule has 2 heterocycles. The van der Waals surface area contributed by atoms with Crippen molar-refractivity contribution in [1.82, 2.24) is 20.1 Å². The SMILES string of the molecule is CCC(CNC(=O)c1cnn(-c2ccccn2)c1C(C)C)c1ccccc1. The number of aromatic nitrogens is 3. The van der Waals surface area contributed by atoms with Crippen molar-refractivity contribution in [1.29, 1.82) is 0 Å². The van der Waals surface area contributed by atoms with Gasteiger partial charge in [-0.15, -0.1) is 0 Å². The molecular formula is C22H26N4O. The van der Waals surface area contributed by atoms with Gasteiger partial charge in [0.05, 0.1) is 17.5 Å². The fraction of sp³-hybridized carbons (Fsp3) is 0.318. The van der Waals surface area contributed by atoms with Gasteiger partial charge in [0.25, 0.3) is 5.91 Å². The molecule has 3 aromatic rings. The van der Waals surface area contributed by atoms with E-state index in [0.717, 1.165) is 17.9 Å². The molecule has 140 valence electrons. The van der Waals surface area contributed by atoms with Crippen LogP contribution in [0, 0.1) is 0 Å². The van der Waals surface area contributed by atoms with Gasteiger partial charge in [-0.05, 0) is 30.0 Å².